The quantitative estimate of drug-likeness (QED) is 0.839. The summed E-state index contributed by atoms with van der Waals surface area (Å²) in [5.74, 6) is 0.566. The summed E-state index contributed by atoms with van der Waals surface area (Å²) in [6.45, 7) is 3.80. The van der Waals surface area contributed by atoms with Crippen LogP contribution in [0.5, 0.6) is 0 Å². The van der Waals surface area contributed by atoms with Gasteiger partial charge in [-0.25, -0.2) is 13.1 Å². The smallest absolute Gasteiger partial charge is 0.212 e. The van der Waals surface area contributed by atoms with E-state index in [4.69, 9.17) is 0 Å². The van der Waals surface area contributed by atoms with Gasteiger partial charge in [0.15, 0.2) is 0 Å². The Labute approximate surface area is 119 Å². The minimum absolute atomic E-state index is 0.0367. The molecular weight excluding hydrogens is 280 g/mol. The Morgan fingerprint density at radius 1 is 1.47 bits per heavy atom. The van der Waals surface area contributed by atoms with Crippen LogP contribution in [0.1, 0.15) is 24.6 Å². The predicted octanol–water partition coefficient (Wildman–Crippen LogP) is 1.60. The Balaban J connectivity index is 1.82. The lowest BCUT2D eigenvalue weighted by Gasteiger charge is -2.23. The summed E-state index contributed by atoms with van der Waals surface area (Å²) in [5.41, 5.74) is 0. The normalized spacial score (nSPS) is 19.4. The van der Waals surface area contributed by atoms with Gasteiger partial charge in [-0.05, 0) is 56.6 Å². The molecule has 0 aromatic carbocycles. The molecule has 1 saturated heterocycles. The van der Waals surface area contributed by atoms with Gasteiger partial charge in [0.2, 0.25) is 10.0 Å². The van der Waals surface area contributed by atoms with Crippen LogP contribution in [-0.2, 0) is 16.4 Å². The monoisotopic (exact) mass is 302 g/mol. The summed E-state index contributed by atoms with van der Waals surface area (Å²) < 4.78 is 27.0. The molecule has 1 aliphatic heterocycles. The zero-order valence-electron chi connectivity index (χ0n) is 11.3. The van der Waals surface area contributed by atoms with Crippen LogP contribution in [-0.4, -0.2) is 33.3 Å². The number of nitrogens with one attached hydrogen (secondary N) is 2. The number of sulfonamides is 1. The van der Waals surface area contributed by atoms with Crippen LogP contribution in [0.4, 0.5) is 0 Å². The zero-order chi connectivity index (χ0) is 13.7. The standard InChI is InChI=1S/C13H22N2O2S2/c1-11(9-13-3-2-8-18-13)15-19(16,17)10-12-4-6-14-7-5-12/h2-3,8,11-12,14-15H,4-7,9-10H2,1H3. The van der Waals surface area contributed by atoms with Crippen LogP contribution < -0.4 is 10.0 Å². The fourth-order valence-electron chi connectivity index (χ4n) is 2.49. The van der Waals surface area contributed by atoms with Gasteiger partial charge in [0.25, 0.3) is 0 Å². The molecule has 1 fully saturated rings. The molecule has 1 atom stereocenters. The van der Waals surface area contributed by atoms with Crippen LogP contribution >= 0.6 is 11.3 Å². The summed E-state index contributed by atoms with van der Waals surface area (Å²) in [5, 5.41) is 5.28. The summed E-state index contributed by atoms with van der Waals surface area (Å²) in [6.07, 6.45) is 2.68. The van der Waals surface area contributed by atoms with Crippen molar-refractivity contribution in [3.63, 3.8) is 0 Å². The molecule has 1 unspecified atom stereocenters. The predicted molar refractivity (Wildman–Crippen MR) is 80.0 cm³/mol. The Morgan fingerprint density at radius 3 is 2.84 bits per heavy atom. The third kappa shape index (κ3) is 5.22. The van der Waals surface area contributed by atoms with E-state index in [1.807, 2.05) is 24.4 Å². The van der Waals surface area contributed by atoms with Gasteiger partial charge in [-0.15, -0.1) is 11.3 Å². The van der Waals surface area contributed by atoms with Crippen LogP contribution in [0.3, 0.4) is 0 Å². The first-order chi connectivity index (χ1) is 9.05. The molecule has 19 heavy (non-hydrogen) atoms. The highest BCUT2D eigenvalue weighted by molar-refractivity contribution is 7.89. The van der Waals surface area contributed by atoms with Crippen molar-refractivity contribution in [2.24, 2.45) is 5.92 Å². The lowest BCUT2D eigenvalue weighted by atomic mass is 10.0. The molecule has 1 aromatic heterocycles. The fourth-order valence-corrected chi connectivity index (χ4v) is 5.07. The van der Waals surface area contributed by atoms with Crippen LogP contribution in [0.25, 0.3) is 0 Å². The maximum Gasteiger partial charge on any atom is 0.212 e. The van der Waals surface area contributed by atoms with Crippen molar-refractivity contribution in [1.29, 1.82) is 0 Å². The van der Waals surface area contributed by atoms with E-state index < -0.39 is 10.0 Å². The molecule has 1 aromatic rings. The molecule has 0 spiro atoms. The number of thiophene rings is 1. The van der Waals surface area contributed by atoms with E-state index >= 15 is 0 Å². The van der Waals surface area contributed by atoms with E-state index in [2.05, 4.69) is 10.0 Å². The van der Waals surface area contributed by atoms with Crippen molar-refractivity contribution in [2.75, 3.05) is 18.8 Å². The molecule has 1 aliphatic rings. The summed E-state index contributed by atoms with van der Waals surface area (Å²) in [6, 6.07) is 4.00. The van der Waals surface area contributed by atoms with Gasteiger partial charge in [0.1, 0.15) is 0 Å². The van der Waals surface area contributed by atoms with Gasteiger partial charge in [-0.1, -0.05) is 6.07 Å². The van der Waals surface area contributed by atoms with Crippen molar-refractivity contribution in [3.05, 3.63) is 22.4 Å². The average Bonchev–Trinajstić information content (AvgIpc) is 2.81. The number of hydrogen-bond donors (Lipinski definition) is 2. The molecule has 0 aliphatic carbocycles. The van der Waals surface area contributed by atoms with E-state index in [0.717, 1.165) is 32.4 Å². The first kappa shape index (κ1) is 15.0. The molecule has 0 amide bonds. The number of rotatable bonds is 6. The van der Waals surface area contributed by atoms with Gasteiger partial charge >= 0.3 is 0 Å². The summed E-state index contributed by atoms with van der Waals surface area (Å²) in [4.78, 5) is 1.22. The molecular formula is C13H22N2O2S2. The largest absolute Gasteiger partial charge is 0.317 e. The van der Waals surface area contributed by atoms with E-state index in [-0.39, 0.29) is 11.8 Å². The van der Waals surface area contributed by atoms with Crippen molar-refractivity contribution in [2.45, 2.75) is 32.2 Å². The fraction of sp³-hybridized carbons (Fsp3) is 0.692. The highest BCUT2D eigenvalue weighted by atomic mass is 32.2. The van der Waals surface area contributed by atoms with Gasteiger partial charge in [0, 0.05) is 10.9 Å². The lowest BCUT2D eigenvalue weighted by molar-refractivity contribution is 0.399. The minimum Gasteiger partial charge on any atom is -0.317 e. The first-order valence-electron chi connectivity index (χ1n) is 6.78. The second-order valence-corrected chi connectivity index (χ2v) is 8.11. The third-order valence-electron chi connectivity index (χ3n) is 3.38. The maximum atomic E-state index is 12.1. The van der Waals surface area contributed by atoms with Gasteiger partial charge in [0.05, 0.1) is 5.75 Å². The van der Waals surface area contributed by atoms with Crippen LogP contribution in [0.15, 0.2) is 17.5 Å². The van der Waals surface area contributed by atoms with Crippen molar-refractivity contribution >= 4 is 21.4 Å². The molecule has 0 bridgehead atoms. The molecule has 6 heteroatoms. The van der Waals surface area contributed by atoms with Crippen molar-refractivity contribution in [1.82, 2.24) is 10.0 Å². The summed E-state index contributed by atoms with van der Waals surface area (Å²) >= 11 is 1.67. The Bertz CT molecular complexity index is 465. The Morgan fingerprint density at radius 2 is 2.21 bits per heavy atom. The molecule has 0 saturated carbocycles. The Hall–Kier alpha value is -0.430. The van der Waals surface area contributed by atoms with Gasteiger partial charge in [-0.2, -0.15) is 0 Å². The van der Waals surface area contributed by atoms with Crippen molar-refractivity contribution < 1.29 is 8.42 Å². The molecule has 2 N–H and O–H groups in total. The van der Waals surface area contributed by atoms with Gasteiger partial charge in [-0.3, -0.25) is 0 Å². The zero-order valence-corrected chi connectivity index (χ0v) is 12.9. The Kier molecular flexibility index (Phi) is 5.38. The van der Waals surface area contributed by atoms with Gasteiger partial charge < -0.3 is 5.32 Å². The molecule has 4 nitrogen and oxygen atoms in total. The van der Waals surface area contributed by atoms with E-state index in [9.17, 15) is 8.42 Å². The second kappa shape index (κ2) is 6.83. The van der Waals surface area contributed by atoms with Crippen LogP contribution in [0, 0.1) is 5.92 Å². The topological polar surface area (TPSA) is 58.2 Å². The first-order valence-corrected chi connectivity index (χ1v) is 9.31. The molecule has 0 radical (unpaired) electrons. The number of hydrogen-bond acceptors (Lipinski definition) is 4. The maximum absolute atomic E-state index is 12.1. The second-order valence-electron chi connectivity index (χ2n) is 5.28. The SMILES string of the molecule is CC(Cc1cccs1)NS(=O)(=O)CC1CCNCC1. The minimum atomic E-state index is -3.16. The highest BCUT2D eigenvalue weighted by Crippen LogP contribution is 2.15. The third-order valence-corrected chi connectivity index (χ3v) is 5.95. The van der Waals surface area contributed by atoms with E-state index in [1.54, 1.807) is 11.3 Å². The van der Waals surface area contributed by atoms with Crippen molar-refractivity contribution in [3.8, 4) is 0 Å². The number of piperidine rings is 1. The van der Waals surface area contributed by atoms with E-state index in [0.29, 0.717) is 5.92 Å². The lowest BCUT2D eigenvalue weighted by Crippen LogP contribution is -2.39. The summed E-state index contributed by atoms with van der Waals surface area (Å²) in [7, 11) is -3.16. The molecule has 2 heterocycles. The van der Waals surface area contributed by atoms with Crippen LogP contribution in [0.2, 0.25) is 0 Å². The molecule has 108 valence electrons. The molecule has 2 rings (SSSR count). The average molecular weight is 302 g/mol. The highest BCUT2D eigenvalue weighted by Gasteiger charge is 2.22. The van der Waals surface area contributed by atoms with E-state index in [1.165, 1.54) is 4.88 Å².